The first kappa shape index (κ1) is 14.7. The van der Waals surface area contributed by atoms with E-state index >= 15 is 0 Å². The van der Waals surface area contributed by atoms with Crippen LogP contribution in [0.2, 0.25) is 5.02 Å². The molecule has 1 heterocycles. The van der Waals surface area contributed by atoms with Crippen molar-refractivity contribution >= 4 is 29.3 Å². The van der Waals surface area contributed by atoms with E-state index in [1.807, 2.05) is 24.3 Å². The molecule has 0 saturated carbocycles. The summed E-state index contributed by atoms with van der Waals surface area (Å²) in [6.45, 7) is 1.46. The van der Waals surface area contributed by atoms with Gasteiger partial charge in [-0.05, 0) is 30.5 Å². The molecule has 104 valence electrons. The van der Waals surface area contributed by atoms with Crippen LogP contribution in [-0.4, -0.2) is 30.9 Å². The van der Waals surface area contributed by atoms with Crippen molar-refractivity contribution in [2.75, 3.05) is 18.9 Å². The third-order valence-electron chi connectivity index (χ3n) is 2.97. The molecule has 1 saturated heterocycles. The van der Waals surface area contributed by atoms with E-state index < -0.39 is 0 Å². The van der Waals surface area contributed by atoms with Crippen LogP contribution < -0.4 is 5.32 Å². The largest absolute Gasteiger partial charge is 0.376 e. The maximum Gasteiger partial charge on any atom is 0.230 e. The van der Waals surface area contributed by atoms with Gasteiger partial charge in [-0.25, -0.2) is 0 Å². The Morgan fingerprint density at radius 1 is 1.42 bits per heavy atom. The first-order valence-electron chi connectivity index (χ1n) is 6.44. The Labute approximate surface area is 123 Å². The summed E-state index contributed by atoms with van der Waals surface area (Å²) in [5.41, 5.74) is 1.18. The molecular weight excluding hydrogens is 282 g/mol. The number of nitrogens with one attached hydrogen (secondary N) is 1. The average molecular weight is 300 g/mol. The number of hydrogen-bond donors (Lipinski definition) is 1. The van der Waals surface area contributed by atoms with E-state index in [0.717, 1.165) is 30.2 Å². The van der Waals surface area contributed by atoms with Crippen LogP contribution in [0.25, 0.3) is 0 Å². The van der Waals surface area contributed by atoms with E-state index in [4.69, 9.17) is 16.3 Å². The molecule has 1 aromatic rings. The van der Waals surface area contributed by atoms with E-state index in [1.54, 1.807) is 11.8 Å². The molecule has 1 aliphatic heterocycles. The maximum atomic E-state index is 11.6. The lowest BCUT2D eigenvalue weighted by Crippen LogP contribution is -2.32. The second-order valence-corrected chi connectivity index (χ2v) is 5.98. The van der Waals surface area contributed by atoms with Gasteiger partial charge in [-0.3, -0.25) is 4.79 Å². The first-order chi connectivity index (χ1) is 9.24. The molecule has 3 nitrogen and oxygen atoms in total. The summed E-state index contributed by atoms with van der Waals surface area (Å²) in [7, 11) is 0. The number of ether oxygens (including phenoxy) is 1. The van der Waals surface area contributed by atoms with Crippen molar-refractivity contribution in [3.05, 3.63) is 34.9 Å². The Bertz CT molecular complexity index is 404. The van der Waals surface area contributed by atoms with Crippen molar-refractivity contribution in [2.24, 2.45) is 0 Å². The lowest BCUT2D eigenvalue weighted by molar-refractivity contribution is -0.119. The van der Waals surface area contributed by atoms with Crippen LogP contribution in [0, 0.1) is 0 Å². The molecule has 1 aliphatic rings. The van der Waals surface area contributed by atoms with Gasteiger partial charge in [0.25, 0.3) is 0 Å². The van der Waals surface area contributed by atoms with Crippen molar-refractivity contribution in [2.45, 2.75) is 24.7 Å². The van der Waals surface area contributed by atoms with Gasteiger partial charge in [0.15, 0.2) is 0 Å². The molecule has 1 N–H and O–H groups in total. The van der Waals surface area contributed by atoms with E-state index in [0.29, 0.717) is 12.3 Å². The normalized spacial score (nSPS) is 18.5. The third-order valence-corrected chi connectivity index (χ3v) is 4.22. The average Bonchev–Trinajstić information content (AvgIpc) is 2.92. The van der Waals surface area contributed by atoms with Crippen LogP contribution >= 0.6 is 23.4 Å². The van der Waals surface area contributed by atoms with Crippen molar-refractivity contribution in [1.82, 2.24) is 5.32 Å². The Hall–Kier alpha value is -0.710. The van der Waals surface area contributed by atoms with E-state index in [1.165, 1.54) is 5.56 Å². The predicted molar refractivity (Wildman–Crippen MR) is 79.6 cm³/mol. The SMILES string of the molecule is O=C(CSCc1ccc(Cl)cc1)NC[C@H]1CCCO1. The zero-order chi connectivity index (χ0) is 13.5. The highest BCUT2D eigenvalue weighted by atomic mass is 35.5. The van der Waals surface area contributed by atoms with Gasteiger partial charge >= 0.3 is 0 Å². The lowest BCUT2D eigenvalue weighted by atomic mass is 10.2. The minimum absolute atomic E-state index is 0.0782. The van der Waals surface area contributed by atoms with Crippen LogP contribution in [0.5, 0.6) is 0 Å². The molecule has 2 rings (SSSR count). The fraction of sp³-hybridized carbons (Fsp3) is 0.500. The number of benzene rings is 1. The number of rotatable bonds is 6. The van der Waals surface area contributed by atoms with Crippen LogP contribution in [0.1, 0.15) is 18.4 Å². The molecule has 0 aliphatic carbocycles. The fourth-order valence-electron chi connectivity index (χ4n) is 1.93. The summed E-state index contributed by atoms with van der Waals surface area (Å²) in [6, 6.07) is 7.71. The smallest absolute Gasteiger partial charge is 0.230 e. The molecule has 0 aromatic heterocycles. The number of hydrogen-bond acceptors (Lipinski definition) is 3. The number of amides is 1. The Morgan fingerprint density at radius 3 is 2.89 bits per heavy atom. The van der Waals surface area contributed by atoms with Gasteiger partial charge in [0.05, 0.1) is 11.9 Å². The van der Waals surface area contributed by atoms with Crippen molar-refractivity contribution in [1.29, 1.82) is 0 Å². The Morgan fingerprint density at radius 2 is 2.21 bits per heavy atom. The van der Waals surface area contributed by atoms with Crippen LogP contribution in [0.4, 0.5) is 0 Å². The summed E-state index contributed by atoms with van der Waals surface area (Å²) in [5.74, 6) is 1.38. The third kappa shape index (κ3) is 5.43. The first-order valence-corrected chi connectivity index (χ1v) is 7.98. The number of carbonyl (C=O) groups is 1. The summed E-state index contributed by atoms with van der Waals surface area (Å²) in [6.07, 6.45) is 2.37. The van der Waals surface area contributed by atoms with Crippen molar-refractivity contribution in [3.63, 3.8) is 0 Å². The molecule has 1 atom stereocenters. The Kier molecular flexibility index (Phi) is 6.01. The lowest BCUT2D eigenvalue weighted by Gasteiger charge is -2.10. The highest BCUT2D eigenvalue weighted by molar-refractivity contribution is 7.99. The summed E-state index contributed by atoms with van der Waals surface area (Å²) < 4.78 is 5.45. The molecule has 0 spiro atoms. The minimum atomic E-state index is 0.0782. The second-order valence-electron chi connectivity index (χ2n) is 4.56. The van der Waals surface area contributed by atoms with Crippen LogP contribution in [0.15, 0.2) is 24.3 Å². The van der Waals surface area contributed by atoms with Gasteiger partial charge in [0.2, 0.25) is 5.91 Å². The van der Waals surface area contributed by atoms with E-state index in [9.17, 15) is 4.79 Å². The molecule has 0 bridgehead atoms. The molecule has 0 unspecified atom stereocenters. The molecule has 5 heteroatoms. The number of halogens is 1. The standard InChI is InChI=1S/C14H18ClNO2S/c15-12-5-3-11(4-6-12)9-19-10-14(17)16-8-13-2-1-7-18-13/h3-6,13H,1-2,7-10H2,(H,16,17)/t13-/m1/s1. The Balaban J connectivity index is 1.59. The molecule has 0 radical (unpaired) electrons. The summed E-state index contributed by atoms with van der Waals surface area (Å²) in [4.78, 5) is 11.6. The fourth-order valence-corrected chi connectivity index (χ4v) is 2.87. The van der Waals surface area contributed by atoms with E-state index in [2.05, 4.69) is 5.32 Å². The zero-order valence-electron chi connectivity index (χ0n) is 10.7. The highest BCUT2D eigenvalue weighted by Gasteiger charge is 2.15. The van der Waals surface area contributed by atoms with Gasteiger partial charge in [-0.2, -0.15) is 0 Å². The van der Waals surface area contributed by atoms with Gasteiger partial charge in [0, 0.05) is 23.9 Å². The van der Waals surface area contributed by atoms with Gasteiger partial charge in [-0.1, -0.05) is 23.7 Å². The quantitative estimate of drug-likeness (QED) is 0.878. The maximum absolute atomic E-state index is 11.6. The number of carbonyl (C=O) groups excluding carboxylic acids is 1. The second kappa shape index (κ2) is 7.78. The molecule has 1 amide bonds. The highest BCUT2D eigenvalue weighted by Crippen LogP contribution is 2.15. The van der Waals surface area contributed by atoms with Crippen molar-refractivity contribution < 1.29 is 9.53 Å². The number of thioether (sulfide) groups is 1. The monoisotopic (exact) mass is 299 g/mol. The van der Waals surface area contributed by atoms with Gasteiger partial charge < -0.3 is 10.1 Å². The van der Waals surface area contributed by atoms with Gasteiger partial charge in [-0.15, -0.1) is 11.8 Å². The summed E-state index contributed by atoms with van der Waals surface area (Å²) in [5, 5.41) is 3.65. The van der Waals surface area contributed by atoms with Crippen molar-refractivity contribution in [3.8, 4) is 0 Å². The van der Waals surface area contributed by atoms with Crippen LogP contribution in [0.3, 0.4) is 0 Å². The topological polar surface area (TPSA) is 38.3 Å². The van der Waals surface area contributed by atoms with Crippen LogP contribution in [-0.2, 0) is 15.3 Å². The molecule has 19 heavy (non-hydrogen) atoms. The van der Waals surface area contributed by atoms with E-state index in [-0.39, 0.29) is 12.0 Å². The molecular formula is C14H18ClNO2S. The summed E-state index contributed by atoms with van der Waals surface area (Å²) >= 11 is 7.42. The molecule has 1 aromatic carbocycles. The zero-order valence-corrected chi connectivity index (χ0v) is 12.3. The molecule has 1 fully saturated rings. The minimum Gasteiger partial charge on any atom is -0.376 e. The van der Waals surface area contributed by atoms with Gasteiger partial charge in [0.1, 0.15) is 0 Å². The predicted octanol–water partition coefficient (Wildman–Crippen LogP) is 2.87.